The lowest BCUT2D eigenvalue weighted by molar-refractivity contribution is -0.157. The van der Waals surface area contributed by atoms with Crippen molar-refractivity contribution in [2.75, 3.05) is 46.0 Å². The second kappa shape index (κ2) is 9.41. The fourth-order valence-corrected chi connectivity index (χ4v) is 7.82. The second-order valence-corrected chi connectivity index (χ2v) is 12.9. The van der Waals surface area contributed by atoms with E-state index in [4.69, 9.17) is 0 Å². The van der Waals surface area contributed by atoms with E-state index in [1.165, 1.54) is 16.7 Å². The second-order valence-electron chi connectivity index (χ2n) is 9.77. The first-order valence-corrected chi connectivity index (χ1v) is 14.3. The minimum atomic E-state index is -3.51. The molecule has 0 aromatic heterocycles. The maximum atomic E-state index is 12.9. The van der Waals surface area contributed by atoms with Crippen LogP contribution in [0.5, 0.6) is 0 Å². The predicted octanol–water partition coefficient (Wildman–Crippen LogP) is -1.07. The van der Waals surface area contributed by atoms with Crippen molar-refractivity contribution in [3.8, 4) is 0 Å². The van der Waals surface area contributed by atoms with Crippen LogP contribution >= 0.6 is 11.8 Å². The normalized spacial score (nSPS) is 33.2. The monoisotopic (exact) mass is 515 g/mol. The van der Waals surface area contributed by atoms with Gasteiger partial charge < -0.3 is 25.1 Å². The number of amides is 2. The van der Waals surface area contributed by atoms with Crippen LogP contribution in [0.3, 0.4) is 0 Å². The first kappa shape index (κ1) is 25.4. The van der Waals surface area contributed by atoms with Gasteiger partial charge in [-0.05, 0) is 20.4 Å². The van der Waals surface area contributed by atoms with E-state index in [-0.39, 0.29) is 34.7 Å². The molecule has 4 aliphatic heterocycles. The van der Waals surface area contributed by atoms with Crippen LogP contribution in [0, 0.1) is 11.8 Å². The fourth-order valence-electron chi connectivity index (χ4n) is 5.52. The summed E-state index contributed by atoms with van der Waals surface area (Å²) >= 11 is 1.43. The molecular formula is C21H33N5O6S2. The average Bonchev–Trinajstić information content (AvgIpc) is 3.29. The molecule has 190 valence electrons. The number of sulfonamides is 1. The van der Waals surface area contributed by atoms with Crippen LogP contribution in [0.4, 0.5) is 0 Å². The summed E-state index contributed by atoms with van der Waals surface area (Å²) in [7, 11) is -1.47. The smallest absolute Gasteiger partial charge is 0.353 e. The van der Waals surface area contributed by atoms with Gasteiger partial charge in [-0.2, -0.15) is 0 Å². The number of thioether (sulfide) groups is 1. The topological polar surface area (TPSA) is 139 Å². The first-order chi connectivity index (χ1) is 15.9. The molecule has 34 heavy (non-hydrogen) atoms. The Morgan fingerprint density at radius 2 is 1.88 bits per heavy atom. The number of fused-ring (bicyclic) bond motifs is 1. The van der Waals surface area contributed by atoms with Crippen LogP contribution < -0.4 is 10.0 Å². The average molecular weight is 516 g/mol. The number of aliphatic carboxylic acids is 1. The van der Waals surface area contributed by atoms with E-state index < -0.39 is 34.0 Å². The molecule has 0 spiro atoms. The zero-order valence-corrected chi connectivity index (χ0v) is 21.5. The summed E-state index contributed by atoms with van der Waals surface area (Å²) in [5.41, 5.74) is -0.0100. The molecule has 2 amide bonds. The van der Waals surface area contributed by atoms with Gasteiger partial charge in [0.2, 0.25) is 21.8 Å². The third-order valence-electron chi connectivity index (χ3n) is 7.23. The Hall–Kier alpha value is -1.67. The number of likely N-dealkylation sites (N-methyl/N-ethyl adjacent to an activating group) is 1. The predicted molar refractivity (Wildman–Crippen MR) is 127 cm³/mol. The molecule has 3 N–H and O–H groups in total. The Morgan fingerprint density at radius 1 is 1.24 bits per heavy atom. The van der Waals surface area contributed by atoms with E-state index in [1.807, 2.05) is 18.9 Å². The molecule has 0 aliphatic carbocycles. The number of carboxylic acid groups (broad SMARTS) is 1. The lowest BCUT2D eigenvalue weighted by atomic mass is 9.78. The highest BCUT2D eigenvalue weighted by atomic mass is 32.2. The summed E-state index contributed by atoms with van der Waals surface area (Å²) in [6.45, 7) is 7.20. The zero-order valence-electron chi connectivity index (χ0n) is 19.9. The maximum Gasteiger partial charge on any atom is 0.353 e. The van der Waals surface area contributed by atoms with Gasteiger partial charge in [-0.3, -0.25) is 9.59 Å². The van der Waals surface area contributed by atoms with Crippen LogP contribution in [0.1, 0.15) is 20.3 Å². The minimum absolute atomic E-state index is 0.00651. The molecule has 13 heteroatoms. The highest BCUT2D eigenvalue weighted by Gasteiger charge is 2.60. The van der Waals surface area contributed by atoms with Crippen molar-refractivity contribution in [3.63, 3.8) is 0 Å². The van der Waals surface area contributed by atoms with Gasteiger partial charge in [0, 0.05) is 54.8 Å². The number of carboxylic acids is 1. The molecule has 11 nitrogen and oxygen atoms in total. The molecule has 0 aromatic rings. The number of carbonyl (C=O) groups is 3. The Bertz CT molecular complexity index is 1010. The van der Waals surface area contributed by atoms with Gasteiger partial charge >= 0.3 is 5.97 Å². The van der Waals surface area contributed by atoms with Gasteiger partial charge in [0.05, 0.1) is 24.3 Å². The number of nitrogens with zero attached hydrogens (tertiary/aromatic N) is 3. The van der Waals surface area contributed by atoms with Gasteiger partial charge in [-0.1, -0.05) is 6.92 Å². The van der Waals surface area contributed by atoms with Crippen molar-refractivity contribution in [2.24, 2.45) is 11.8 Å². The van der Waals surface area contributed by atoms with E-state index in [0.717, 1.165) is 19.3 Å². The van der Waals surface area contributed by atoms with Gasteiger partial charge in [0.15, 0.2) is 0 Å². The Balaban J connectivity index is 1.44. The number of piperazine rings is 1. The Morgan fingerprint density at radius 3 is 2.47 bits per heavy atom. The summed E-state index contributed by atoms with van der Waals surface area (Å²) in [6.07, 6.45) is 1.63. The molecule has 0 radical (unpaired) electrons. The van der Waals surface area contributed by atoms with Crippen molar-refractivity contribution in [1.29, 1.82) is 0 Å². The molecule has 3 saturated heterocycles. The Kier molecular flexibility index (Phi) is 7.04. The summed E-state index contributed by atoms with van der Waals surface area (Å²) in [5, 5.41) is 13.2. The summed E-state index contributed by atoms with van der Waals surface area (Å²) in [5.74, 6) is -2.31. The number of rotatable bonds is 7. The number of hydrogen-bond donors (Lipinski definition) is 3. The zero-order chi connectivity index (χ0) is 24.9. The van der Waals surface area contributed by atoms with Gasteiger partial charge in [-0.25, -0.2) is 17.9 Å². The fraction of sp³-hybridized carbons (Fsp3) is 0.762. The van der Waals surface area contributed by atoms with E-state index >= 15 is 0 Å². The van der Waals surface area contributed by atoms with E-state index in [1.54, 1.807) is 6.92 Å². The van der Waals surface area contributed by atoms with Crippen LogP contribution in [-0.4, -0.2) is 115 Å². The summed E-state index contributed by atoms with van der Waals surface area (Å²) < 4.78 is 25.8. The molecule has 0 aromatic carbocycles. The molecule has 6 atom stereocenters. The molecule has 4 heterocycles. The van der Waals surface area contributed by atoms with Crippen molar-refractivity contribution in [2.45, 2.75) is 43.6 Å². The van der Waals surface area contributed by atoms with E-state index in [0.29, 0.717) is 31.0 Å². The van der Waals surface area contributed by atoms with Crippen molar-refractivity contribution in [3.05, 3.63) is 10.6 Å². The lowest BCUT2D eigenvalue weighted by Crippen LogP contribution is -2.66. The lowest BCUT2D eigenvalue weighted by Gasteiger charge is -2.47. The van der Waals surface area contributed by atoms with Crippen LogP contribution in [0.15, 0.2) is 10.6 Å². The van der Waals surface area contributed by atoms with Gasteiger partial charge in [0.1, 0.15) is 5.70 Å². The summed E-state index contributed by atoms with van der Waals surface area (Å²) in [6, 6.07) is -1.33. The first-order valence-electron chi connectivity index (χ1n) is 11.5. The third kappa shape index (κ3) is 4.72. The van der Waals surface area contributed by atoms with Crippen molar-refractivity contribution < 1.29 is 27.9 Å². The van der Waals surface area contributed by atoms with Gasteiger partial charge in [-0.15, -0.1) is 11.8 Å². The molecule has 3 fully saturated rings. The van der Waals surface area contributed by atoms with Crippen molar-refractivity contribution >= 4 is 39.6 Å². The highest BCUT2D eigenvalue weighted by molar-refractivity contribution is 8.03. The summed E-state index contributed by atoms with van der Waals surface area (Å²) in [4.78, 5) is 43.9. The number of carbonyl (C=O) groups excluding carboxylic acids is 2. The molecule has 0 unspecified atom stereocenters. The highest BCUT2D eigenvalue weighted by Crippen LogP contribution is 2.51. The molecular weight excluding hydrogens is 482 g/mol. The maximum absolute atomic E-state index is 12.9. The third-order valence-corrected chi connectivity index (χ3v) is 9.54. The van der Waals surface area contributed by atoms with E-state index in [9.17, 15) is 27.9 Å². The van der Waals surface area contributed by atoms with Gasteiger partial charge in [0.25, 0.3) is 0 Å². The van der Waals surface area contributed by atoms with Crippen LogP contribution in [0.2, 0.25) is 0 Å². The molecule has 0 saturated carbocycles. The Labute approximate surface area is 204 Å². The molecule has 0 bridgehead atoms. The quantitative estimate of drug-likeness (QED) is 0.362. The van der Waals surface area contributed by atoms with Crippen LogP contribution in [0.25, 0.3) is 0 Å². The SMILES string of the molecule is C[C@@H](NS(C)(=O)=O)[C@H]1C(=O)N2C(C(=O)O)=C(S[C@@H]3CN[C@H](C(=O)N4CCN(C)CC4)C3)[C@H](C)[C@H]12. The number of hydrogen-bond acceptors (Lipinski definition) is 8. The molecule has 4 rings (SSSR count). The largest absolute Gasteiger partial charge is 0.477 e. The molecule has 4 aliphatic rings. The number of nitrogens with one attached hydrogen (secondary N) is 2. The van der Waals surface area contributed by atoms with Crippen LogP contribution in [-0.2, 0) is 24.4 Å². The van der Waals surface area contributed by atoms with E-state index in [2.05, 4.69) is 14.9 Å². The standard InChI is InChI=1S/C21H33N5O6S2/c1-11-16-15(12(2)23-34(4,31)32)20(28)26(16)17(21(29)30)18(11)33-13-9-14(22-10-13)19(27)25-7-5-24(3)6-8-25/h11-16,22-23H,5-10H2,1-4H3,(H,29,30)/t11-,12-,13+,14+,15-,16-/m1/s1. The minimum Gasteiger partial charge on any atom is -0.477 e. The number of β-lactam (4-membered cyclic amide) rings is 1. The van der Waals surface area contributed by atoms with Crippen molar-refractivity contribution in [1.82, 2.24) is 24.7 Å².